The van der Waals surface area contributed by atoms with Gasteiger partial charge in [0.1, 0.15) is 19.0 Å². The first-order valence-electron chi connectivity index (χ1n) is 6.22. The van der Waals surface area contributed by atoms with E-state index in [2.05, 4.69) is 30.9 Å². The van der Waals surface area contributed by atoms with Crippen molar-refractivity contribution in [3.8, 4) is 17.6 Å². The minimum atomic E-state index is -0.104. The van der Waals surface area contributed by atoms with Crippen LogP contribution in [-0.4, -0.2) is 11.7 Å². The van der Waals surface area contributed by atoms with Crippen molar-refractivity contribution in [3.05, 3.63) is 51.7 Å². The van der Waals surface area contributed by atoms with Crippen molar-refractivity contribution < 1.29 is 9.84 Å². The third-order valence-electron chi connectivity index (χ3n) is 2.66. The lowest BCUT2D eigenvalue weighted by Crippen LogP contribution is -1.92. The Kier molecular flexibility index (Phi) is 5.02. The van der Waals surface area contributed by atoms with Gasteiger partial charge in [-0.15, -0.1) is 11.3 Å². The number of aliphatic hydroxyl groups is 1. The summed E-state index contributed by atoms with van der Waals surface area (Å²) in [5.41, 5.74) is 1.31. The molecule has 1 N–H and O–H groups in total. The maximum atomic E-state index is 8.64. The Bertz CT molecular complexity index is 573. The van der Waals surface area contributed by atoms with E-state index in [-0.39, 0.29) is 6.61 Å². The molecule has 0 aliphatic carbocycles. The molecule has 0 aliphatic heterocycles. The van der Waals surface area contributed by atoms with Crippen LogP contribution in [-0.2, 0) is 13.0 Å². The van der Waals surface area contributed by atoms with Crippen LogP contribution < -0.4 is 4.74 Å². The molecule has 1 heterocycles. The smallest absolute Gasteiger partial charge is 0.122 e. The molecule has 0 spiro atoms. The molecule has 0 bridgehead atoms. The zero-order chi connectivity index (χ0) is 13.5. The minimum absolute atomic E-state index is 0.104. The number of hydrogen-bond donors (Lipinski definition) is 1. The zero-order valence-corrected chi connectivity index (χ0v) is 11.7. The SMILES string of the molecule is CCc1ccc(OCc2ccc(C#CCO)s2)cc1. The lowest BCUT2D eigenvalue weighted by atomic mass is 10.2. The highest BCUT2D eigenvalue weighted by Gasteiger charge is 2.00. The molecule has 19 heavy (non-hydrogen) atoms. The summed E-state index contributed by atoms with van der Waals surface area (Å²) in [5, 5.41) is 8.64. The molecule has 1 aromatic heterocycles. The molecule has 0 atom stereocenters. The van der Waals surface area contributed by atoms with Crippen molar-refractivity contribution in [3.63, 3.8) is 0 Å². The summed E-state index contributed by atoms with van der Waals surface area (Å²) in [5.74, 6) is 6.41. The summed E-state index contributed by atoms with van der Waals surface area (Å²) >= 11 is 1.59. The summed E-state index contributed by atoms with van der Waals surface area (Å²) in [6.07, 6.45) is 1.04. The van der Waals surface area contributed by atoms with Crippen LogP contribution in [0, 0.1) is 11.8 Å². The summed E-state index contributed by atoms with van der Waals surface area (Å²) in [4.78, 5) is 2.08. The Balaban J connectivity index is 1.92. The first-order valence-corrected chi connectivity index (χ1v) is 7.03. The number of rotatable bonds is 4. The van der Waals surface area contributed by atoms with E-state index in [0.29, 0.717) is 6.61 Å². The van der Waals surface area contributed by atoms with Crippen LogP contribution in [0.15, 0.2) is 36.4 Å². The Hall–Kier alpha value is -1.76. The third kappa shape index (κ3) is 4.13. The van der Waals surface area contributed by atoms with Gasteiger partial charge >= 0.3 is 0 Å². The molecule has 2 nitrogen and oxygen atoms in total. The standard InChI is InChI=1S/C16H16O2S/c1-2-13-5-7-14(8-6-13)18-12-16-10-9-15(19-16)4-3-11-17/h5-10,17H,2,11-12H2,1H3. The number of aryl methyl sites for hydroxylation is 1. The topological polar surface area (TPSA) is 29.5 Å². The second-order valence-corrected chi connectivity index (χ2v) is 5.18. The molecule has 0 amide bonds. The molecular weight excluding hydrogens is 256 g/mol. The molecule has 0 radical (unpaired) electrons. The summed E-state index contributed by atoms with van der Waals surface area (Å²) in [7, 11) is 0. The molecular formula is C16H16O2S. The number of hydrogen-bond acceptors (Lipinski definition) is 3. The predicted octanol–water partition coefficient (Wildman–Crippen LogP) is 3.23. The number of benzene rings is 1. The van der Waals surface area contributed by atoms with E-state index in [1.54, 1.807) is 11.3 Å². The number of ether oxygens (including phenoxy) is 1. The van der Waals surface area contributed by atoms with Crippen molar-refractivity contribution in [2.24, 2.45) is 0 Å². The van der Waals surface area contributed by atoms with Gasteiger partial charge in [-0.25, -0.2) is 0 Å². The second-order valence-electron chi connectivity index (χ2n) is 4.01. The van der Waals surface area contributed by atoms with Crippen molar-refractivity contribution in [2.45, 2.75) is 20.0 Å². The van der Waals surface area contributed by atoms with Crippen LogP contribution >= 0.6 is 11.3 Å². The van der Waals surface area contributed by atoms with Gasteiger partial charge < -0.3 is 9.84 Å². The quantitative estimate of drug-likeness (QED) is 0.866. The van der Waals surface area contributed by atoms with Crippen molar-refractivity contribution in [1.29, 1.82) is 0 Å². The molecule has 2 aromatic rings. The van der Waals surface area contributed by atoms with E-state index >= 15 is 0 Å². The van der Waals surface area contributed by atoms with Crippen LogP contribution in [0.4, 0.5) is 0 Å². The molecule has 98 valence electrons. The average Bonchev–Trinajstić information content (AvgIpc) is 2.91. The van der Waals surface area contributed by atoms with E-state index in [1.807, 2.05) is 24.3 Å². The van der Waals surface area contributed by atoms with Gasteiger partial charge in [0.2, 0.25) is 0 Å². The van der Waals surface area contributed by atoms with Crippen molar-refractivity contribution >= 4 is 11.3 Å². The molecule has 0 aliphatic rings. The molecule has 3 heteroatoms. The van der Waals surface area contributed by atoms with Gasteiger partial charge in [-0.1, -0.05) is 30.9 Å². The van der Waals surface area contributed by atoms with E-state index in [4.69, 9.17) is 9.84 Å². The highest BCUT2D eigenvalue weighted by molar-refractivity contribution is 7.12. The van der Waals surface area contributed by atoms with Gasteiger partial charge in [-0.3, -0.25) is 0 Å². The Morgan fingerprint density at radius 2 is 1.95 bits per heavy atom. The van der Waals surface area contributed by atoms with Gasteiger partial charge in [-0.2, -0.15) is 0 Å². The van der Waals surface area contributed by atoms with Gasteiger partial charge in [0.25, 0.3) is 0 Å². The maximum absolute atomic E-state index is 8.64. The van der Waals surface area contributed by atoms with E-state index in [0.717, 1.165) is 21.9 Å². The Morgan fingerprint density at radius 1 is 1.16 bits per heavy atom. The monoisotopic (exact) mass is 272 g/mol. The van der Waals surface area contributed by atoms with Crippen LogP contribution in [0.25, 0.3) is 0 Å². The fourth-order valence-electron chi connectivity index (χ4n) is 1.63. The Labute approximate surface area is 117 Å². The van der Waals surface area contributed by atoms with Gasteiger partial charge in [0.15, 0.2) is 0 Å². The molecule has 0 saturated carbocycles. The Morgan fingerprint density at radius 3 is 2.63 bits per heavy atom. The first-order chi connectivity index (χ1) is 9.31. The number of thiophene rings is 1. The molecule has 2 rings (SSSR count). The zero-order valence-electron chi connectivity index (χ0n) is 10.8. The molecule has 0 saturated heterocycles. The lowest BCUT2D eigenvalue weighted by Gasteiger charge is -2.05. The van der Waals surface area contributed by atoms with Crippen LogP contribution in [0.3, 0.4) is 0 Å². The first kappa shape index (κ1) is 13.7. The van der Waals surface area contributed by atoms with E-state index in [1.165, 1.54) is 5.56 Å². The summed E-state index contributed by atoms with van der Waals surface area (Å²) in [6, 6.07) is 12.1. The predicted molar refractivity (Wildman–Crippen MR) is 78.4 cm³/mol. The van der Waals surface area contributed by atoms with Crippen LogP contribution in [0.1, 0.15) is 22.2 Å². The van der Waals surface area contributed by atoms with Crippen LogP contribution in [0.5, 0.6) is 5.75 Å². The highest BCUT2D eigenvalue weighted by atomic mass is 32.1. The lowest BCUT2D eigenvalue weighted by molar-refractivity contribution is 0.310. The third-order valence-corrected chi connectivity index (χ3v) is 3.64. The van der Waals surface area contributed by atoms with Crippen molar-refractivity contribution in [2.75, 3.05) is 6.61 Å². The maximum Gasteiger partial charge on any atom is 0.122 e. The van der Waals surface area contributed by atoms with Crippen LogP contribution in [0.2, 0.25) is 0 Å². The summed E-state index contributed by atoms with van der Waals surface area (Å²) < 4.78 is 5.72. The highest BCUT2D eigenvalue weighted by Crippen LogP contribution is 2.19. The van der Waals surface area contributed by atoms with Crippen molar-refractivity contribution in [1.82, 2.24) is 0 Å². The van der Waals surface area contributed by atoms with Gasteiger partial charge in [-0.05, 0) is 36.2 Å². The largest absolute Gasteiger partial charge is 0.488 e. The fourth-order valence-corrected chi connectivity index (χ4v) is 2.42. The normalized spacial score (nSPS) is 9.79. The fraction of sp³-hybridized carbons (Fsp3) is 0.250. The van der Waals surface area contributed by atoms with Gasteiger partial charge in [0.05, 0.1) is 4.88 Å². The molecule has 1 aromatic carbocycles. The average molecular weight is 272 g/mol. The minimum Gasteiger partial charge on any atom is -0.488 e. The second kappa shape index (κ2) is 6.98. The summed E-state index contributed by atoms with van der Waals surface area (Å²) in [6.45, 7) is 2.58. The molecule has 0 fully saturated rings. The number of aliphatic hydroxyl groups excluding tert-OH is 1. The van der Waals surface area contributed by atoms with E-state index < -0.39 is 0 Å². The van der Waals surface area contributed by atoms with E-state index in [9.17, 15) is 0 Å². The molecule has 0 unspecified atom stereocenters. The van der Waals surface area contributed by atoms with Gasteiger partial charge in [0, 0.05) is 4.88 Å².